The topological polar surface area (TPSA) is 55.8 Å². The van der Waals surface area contributed by atoms with Gasteiger partial charge in [0.25, 0.3) is 0 Å². The van der Waals surface area contributed by atoms with Gasteiger partial charge in [-0.05, 0) is 25.0 Å². The van der Waals surface area contributed by atoms with Gasteiger partial charge in [0.1, 0.15) is 0 Å². The zero-order valence-electron chi connectivity index (χ0n) is 10.4. The number of aliphatic carboxylic acids is 1. The summed E-state index contributed by atoms with van der Waals surface area (Å²) in [6.07, 6.45) is 3.05. The largest absolute Gasteiger partial charge is 0.490 e. The standard InChI is InChI=1S/C14H15BrO4/c15-9-3-4-10-12(19-8-2-7-18-10)11(9)14(13(16)17)5-1-6-14/h3-4H,1-2,5-8H2,(H,16,17). The highest BCUT2D eigenvalue weighted by Gasteiger charge is 2.49. The molecule has 1 heterocycles. The third-order valence-corrected chi connectivity index (χ3v) is 4.62. The highest BCUT2D eigenvalue weighted by Crippen LogP contribution is 2.53. The van der Waals surface area contributed by atoms with Crippen molar-refractivity contribution in [1.82, 2.24) is 0 Å². The first-order chi connectivity index (χ1) is 9.15. The SMILES string of the molecule is O=C(O)C1(c2c(Br)ccc3c2OCCCO3)CCC1. The monoisotopic (exact) mass is 326 g/mol. The number of benzene rings is 1. The number of hydrogen-bond donors (Lipinski definition) is 1. The fraction of sp³-hybridized carbons (Fsp3) is 0.500. The van der Waals surface area contributed by atoms with Gasteiger partial charge < -0.3 is 14.6 Å². The van der Waals surface area contributed by atoms with Crippen LogP contribution in [0.4, 0.5) is 0 Å². The molecule has 5 heteroatoms. The summed E-state index contributed by atoms with van der Waals surface area (Å²) < 4.78 is 12.2. The molecule has 1 aromatic rings. The predicted molar refractivity (Wildman–Crippen MR) is 72.9 cm³/mol. The molecule has 0 amide bonds. The van der Waals surface area contributed by atoms with Gasteiger partial charge in [0.2, 0.25) is 0 Å². The minimum Gasteiger partial charge on any atom is -0.490 e. The maximum atomic E-state index is 11.7. The number of halogens is 1. The quantitative estimate of drug-likeness (QED) is 0.907. The molecule has 0 atom stereocenters. The first-order valence-electron chi connectivity index (χ1n) is 6.47. The number of carboxylic acids is 1. The predicted octanol–water partition coefficient (Wildman–Crippen LogP) is 3.12. The smallest absolute Gasteiger partial charge is 0.314 e. The minimum absolute atomic E-state index is 0.562. The van der Waals surface area contributed by atoms with E-state index in [1.807, 2.05) is 12.1 Å². The summed E-state index contributed by atoms with van der Waals surface area (Å²) in [6, 6.07) is 3.69. The van der Waals surface area contributed by atoms with Gasteiger partial charge in [0.15, 0.2) is 11.5 Å². The van der Waals surface area contributed by atoms with Crippen LogP contribution in [0.15, 0.2) is 16.6 Å². The molecule has 0 spiro atoms. The zero-order valence-corrected chi connectivity index (χ0v) is 12.0. The third kappa shape index (κ3) is 1.91. The molecule has 0 bridgehead atoms. The average Bonchev–Trinajstić information content (AvgIpc) is 2.55. The molecule has 0 aromatic heterocycles. The van der Waals surface area contributed by atoms with Crippen LogP contribution >= 0.6 is 15.9 Å². The molecular formula is C14H15BrO4. The van der Waals surface area contributed by atoms with Gasteiger partial charge >= 0.3 is 5.97 Å². The second-order valence-electron chi connectivity index (χ2n) is 5.04. The Morgan fingerprint density at radius 3 is 2.58 bits per heavy atom. The molecule has 0 radical (unpaired) electrons. The van der Waals surface area contributed by atoms with E-state index in [4.69, 9.17) is 9.47 Å². The van der Waals surface area contributed by atoms with Crippen molar-refractivity contribution in [2.24, 2.45) is 0 Å². The fourth-order valence-electron chi connectivity index (χ4n) is 2.76. The Labute approximate surface area is 119 Å². The maximum absolute atomic E-state index is 11.7. The second-order valence-corrected chi connectivity index (χ2v) is 5.90. The van der Waals surface area contributed by atoms with Crippen molar-refractivity contribution in [1.29, 1.82) is 0 Å². The highest BCUT2D eigenvalue weighted by molar-refractivity contribution is 9.10. The lowest BCUT2D eigenvalue weighted by molar-refractivity contribution is -0.147. The van der Waals surface area contributed by atoms with Gasteiger partial charge in [0, 0.05) is 16.5 Å². The molecule has 4 nitrogen and oxygen atoms in total. The van der Waals surface area contributed by atoms with E-state index >= 15 is 0 Å². The molecule has 1 aromatic carbocycles. The minimum atomic E-state index is -0.822. The molecule has 0 saturated heterocycles. The molecule has 1 fully saturated rings. The molecular weight excluding hydrogens is 312 g/mol. The van der Waals surface area contributed by atoms with Gasteiger partial charge in [-0.25, -0.2) is 0 Å². The lowest BCUT2D eigenvalue weighted by Crippen LogP contribution is -2.43. The van der Waals surface area contributed by atoms with Crippen molar-refractivity contribution in [2.75, 3.05) is 13.2 Å². The number of fused-ring (bicyclic) bond motifs is 1. The van der Waals surface area contributed by atoms with Crippen LogP contribution in [0.3, 0.4) is 0 Å². The van der Waals surface area contributed by atoms with Crippen LogP contribution in [0.1, 0.15) is 31.2 Å². The van der Waals surface area contributed by atoms with Crippen LogP contribution in [0.5, 0.6) is 11.5 Å². The van der Waals surface area contributed by atoms with Crippen molar-refractivity contribution < 1.29 is 19.4 Å². The Kier molecular flexibility index (Phi) is 3.17. The van der Waals surface area contributed by atoms with Crippen LogP contribution in [0, 0.1) is 0 Å². The molecule has 3 rings (SSSR count). The fourth-order valence-corrected chi connectivity index (χ4v) is 3.45. The number of ether oxygens (including phenoxy) is 2. The summed E-state index contributed by atoms with van der Waals surface area (Å²) in [4.78, 5) is 11.7. The van der Waals surface area contributed by atoms with E-state index in [2.05, 4.69) is 15.9 Å². The second kappa shape index (κ2) is 4.71. The maximum Gasteiger partial charge on any atom is 0.314 e. The van der Waals surface area contributed by atoms with Crippen LogP contribution in [-0.4, -0.2) is 24.3 Å². The lowest BCUT2D eigenvalue weighted by atomic mass is 9.64. The number of rotatable bonds is 2. The van der Waals surface area contributed by atoms with E-state index < -0.39 is 11.4 Å². The molecule has 1 saturated carbocycles. The van der Waals surface area contributed by atoms with Gasteiger partial charge in [-0.3, -0.25) is 4.79 Å². The first-order valence-corrected chi connectivity index (χ1v) is 7.26. The van der Waals surface area contributed by atoms with E-state index in [0.29, 0.717) is 37.6 Å². The van der Waals surface area contributed by atoms with Gasteiger partial charge in [-0.1, -0.05) is 22.4 Å². The zero-order chi connectivity index (χ0) is 13.5. The Bertz CT molecular complexity index is 522. The number of hydrogen-bond acceptors (Lipinski definition) is 3. The van der Waals surface area contributed by atoms with E-state index in [1.165, 1.54) is 0 Å². The Morgan fingerprint density at radius 1 is 1.21 bits per heavy atom. The van der Waals surface area contributed by atoms with Gasteiger partial charge in [-0.15, -0.1) is 0 Å². The summed E-state index contributed by atoms with van der Waals surface area (Å²) in [5.74, 6) is 0.484. The summed E-state index contributed by atoms with van der Waals surface area (Å²) in [5.41, 5.74) is -0.0802. The van der Waals surface area contributed by atoms with Crippen molar-refractivity contribution >= 4 is 21.9 Å². The average molecular weight is 327 g/mol. The Balaban J connectivity index is 2.17. The Morgan fingerprint density at radius 2 is 1.95 bits per heavy atom. The molecule has 0 unspecified atom stereocenters. The van der Waals surface area contributed by atoms with Crippen LogP contribution in [0.2, 0.25) is 0 Å². The Hall–Kier alpha value is -1.23. The third-order valence-electron chi connectivity index (χ3n) is 3.96. The normalized spacial score (nSPS) is 20.3. The lowest BCUT2D eigenvalue weighted by Gasteiger charge is -2.39. The van der Waals surface area contributed by atoms with Crippen molar-refractivity contribution in [2.45, 2.75) is 31.1 Å². The van der Waals surface area contributed by atoms with E-state index in [9.17, 15) is 9.90 Å². The number of carboxylic acid groups (broad SMARTS) is 1. The summed E-state index contributed by atoms with van der Waals surface area (Å²) >= 11 is 3.48. The molecule has 102 valence electrons. The molecule has 1 N–H and O–H groups in total. The summed E-state index contributed by atoms with van der Waals surface area (Å²) in [5, 5.41) is 9.62. The van der Waals surface area contributed by atoms with E-state index in [0.717, 1.165) is 22.9 Å². The van der Waals surface area contributed by atoms with Crippen molar-refractivity contribution in [3.05, 3.63) is 22.2 Å². The summed E-state index contributed by atoms with van der Waals surface area (Å²) in [6.45, 7) is 1.17. The van der Waals surface area contributed by atoms with Crippen LogP contribution in [0.25, 0.3) is 0 Å². The van der Waals surface area contributed by atoms with E-state index in [-0.39, 0.29) is 0 Å². The van der Waals surface area contributed by atoms with Gasteiger partial charge in [0.05, 0.1) is 18.6 Å². The van der Waals surface area contributed by atoms with Crippen molar-refractivity contribution in [3.8, 4) is 11.5 Å². The molecule has 1 aliphatic carbocycles. The molecule has 1 aliphatic heterocycles. The first kappa shape index (κ1) is 12.8. The molecule has 19 heavy (non-hydrogen) atoms. The summed E-state index contributed by atoms with van der Waals surface area (Å²) in [7, 11) is 0. The van der Waals surface area contributed by atoms with Crippen LogP contribution in [-0.2, 0) is 10.2 Å². The molecule has 2 aliphatic rings. The highest BCUT2D eigenvalue weighted by atomic mass is 79.9. The van der Waals surface area contributed by atoms with Gasteiger partial charge in [-0.2, -0.15) is 0 Å². The van der Waals surface area contributed by atoms with Crippen molar-refractivity contribution in [3.63, 3.8) is 0 Å². The van der Waals surface area contributed by atoms with Crippen LogP contribution < -0.4 is 9.47 Å². The van der Waals surface area contributed by atoms with E-state index in [1.54, 1.807) is 0 Å². The number of carbonyl (C=O) groups is 1.